The van der Waals surface area contributed by atoms with Gasteiger partial charge in [-0.05, 0) is 12.8 Å². The van der Waals surface area contributed by atoms with E-state index in [0.29, 0.717) is 31.3 Å². The molecule has 2 aliphatic rings. The molecule has 11 nitrogen and oxygen atoms in total. The number of carbonyl (C=O) groups excluding carboxylic acids is 2. The molecule has 12 heteroatoms. The Balaban J connectivity index is 1.41. The molecule has 0 atom stereocenters. The van der Waals surface area contributed by atoms with Crippen LogP contribution in [0.5, 0.6) is 0 Å². The van der Waals surface area contributed by atoms with Crippen LogP contribution in [-0.2, 0) is 0 Å². The van der Waals surface area contributed by atoms with Crippen molar-refractivity contribution in [2.24, 2.45) is 0 Å². The second kappa shape index (κ2) is 7.24. The highest BCUT2D eigenvalue weighted by Crippen LogP contribution is 2.27. The molecule has 0 aromatic carbocycles. The summed E-state index contributed by atoms with van der Waals surface area (Å²) in [5.74, 6) is 0.248. The zero-order valence-electron chi connectivity index (χ0n) is 15.4. The Kier molecular flexibility index (Phi) is 4.74. The molecule has 0 bridgehead atoms. The first-order chi connectivity index (χ1) is 13.9. The molecule has 7 N–H and O–H groups in total. The molecule has 152 valence electrons. The van der Waals surface area contributed by atoms with Gasteiger partial charge in [-0.3, -0.25) is 9.59 Å². The molecule has 2 saturated heterocycles. The van der Waals surface area contributed by atoms with Crippen LogP contribution in [0.2, 0.25) is 5.15 Å². The van der Waals surface area contributed by atoms with Crippen molar-refractivity contribution in [1.82, 2.24) is 35.5 Å². The normalized spacial score (nSPS) is 19.2. The lowest BCUT2D eigenvalue weighted by Crippen LogP contribution is -2.53. The standard InChI is InChI=1S/C17H20ClN9O2/c18-12-14(20)25-13(19)11(24-12)9(28)7-10-23-8-17(26-10)1-5-27(6-2-17)16(29)15-21-3-4-22-15/h3-4,7,23,26H,1-2,5-6,8H2,(H,21,22)(H4,19,20,25)/b10-7+. The monoisotopic (exact) mass is 417 g/mol. The summed E-state index contributed by atoms with van der Waals surface area (Å²) in [6.45, 7) is 1.81. The number of ketones is 1. The number of likely N-dealkylation sites (tertiary alicyclic amines) is 1. The van der Waals surface area contributed by atoms with Crippen molar-refractivity contribution in [2.45, 2.75) is 18.4 Å². The average molecular weight is 418 g/mol. The number of hydrogen-bond donors (Lipinski definition) is 5. The highest BCUT2D eigenvalue weighted by Gasteiger charge is 2.40. The van der Waals surface area contributed by atoms with Gasteiger partial charge < -0.3 is 32.0 Å². The van der Waals surface area contributed by atoms with E-state index in [9.17, 15) is 9.59 Å². The fourth-order valence-electron chi connectivity index (χ4n) is 3.52. The smallest absolute Gasteiger partial charge is 0.289 e. The van der Waals surface area contributed by atoms with Crippen molar-refractivity contribution < 1.29 is 9.59 Å². The molecule has 0 radical (unpaired) electrons. The van der Waals surface area contributed by atoms with Crippen molar-refractivity contribution in [3.8, 4) is 0 Å². The number of piperidine rings is 1. The molecule has 2 aliphatic heterocycles. The molecular formula is C17H20ClN9O2. The number of carbonyl (C=O) groups is 2. The predicted molar refractivity (Wildman–Crippen MR) is 106 cm³/mol. The van der Waals surface area contributed by atoms with Crippen LogP contribution in [0.25, 0.3) is 0 Å². The summed E-state index contributed by atoms with van der Waals surface area (Å²) in [6.07, 6.45) is 6.02. The van der Waals surface area contributed by atoms with Gasteiger partial charge in [0.05, 0.1) is 5.54 Å². The maximum atomic E-state index is 12.5. The van der Waals surface area contributed by atoms with Crippen molar-refractivity contribution in [3.63, 3.8) is 0 Å². The lowest BCUT2D eigenvalue weighted by Gasteiger charge is -2.38. The summed E-state index contributed by atoms with van der Waals surface area (Å²) in [5.41, 5.74) is 11.0. The molecule has 4 rings (SSSR count). The Morgan fingerprint density at radius 1 is 1.21 bits per heavy atom. The fourth-order valence-corrected chi connectivity index (χ4v) is 3.65. The van der Waals surface area contributed by atoms with Crippen LogP contribution in [0.1, 0.15) is 33.9 Å². The van der Waals surface area contributed by atoms with Gasteiger partial charge in [0.2, 0.25) is 5.78 Å². The van der Waals surface area contributed by atoms with Crippen molar-refractivity contribution >= 4 is 34.9 Å². The van der Waals surface area contributed by atoms with Crippen molar-refractivity contribution in [1.29, 1.82) is 0 Å². The third kappa shape index (κ3) is 3.68. The molecular weight excluding hydrogens is 398 g/mol. The summed E-state index contributed by atoms with van der Waals surface area (Å²) < 4.78 is 0. The zero-order chi connectivity index (χ0) is 20.6. The molecule has 2 aromatic heterocycles. The maximum absolute atomic E-state index is 12.5. The lowest BCUT2D eigenvalue weighted by atomic mass is 9.88. The van der Waals surface area contributed by atoms with Gasteiger partial charge in [0.1, 0.15) is 5.82 Å². The van der Waals surface area contributed by atoms with Crippen molar-refractivity contribution in [2.75, 3.05) is 31.1 Å². The minimum absolute atomic E-state index is 0.0275. The topological polar surface area (TPSA) is 168 Å². The van der Waals surface area contributed by atoms with Crippen LogP contribution in [-0.4, -0.2) is 61.7 Å². The number of aromatic nitrogens is 4. The number of nitrogens with two attached hydrogens (primary N) is 2. The lowest BCUT2D eigenvalue weighted by molar-refractivity contribution is 0.0656. The van der Waals surface area contributed by atoms with Gasteiger partial charge in [0, 0.05) is 38.1 Å². The molecule has 0 unspecified atom stereocenters. The molecule has 1 spiro atoms. The average Bonchev–Trinajstić information content (AvgIpc) is 3.36. The first-order valence-electron chi connectivity index (χ1n) is 9.02. The minimum atomic E-state index is -0.436. The van der Waals surface area contributed by atoms with Gasteiger partial charge >= 0.3 is 0 Å². The van der Waals surface area contributed by atoms with Crippen LogP contribution >= 0.6 is 11.6 Å². The third-order valence-corrected chi connectivity index (χ3v) is 5.42. The van der Waals surface area contributed by atoms with Gasteiger partial charge in [-0.1, -0.05) is 11.6 Å². The van der Waals surface area contributed by atoms with Crippen LogP contribution in [0.3, 0.4) is 0 Å². The summed E-state index contributed by atoms with van der Waals surface area (Å²) in [4.78, 5) is 41.3. The fraction of sp³-hybridized carbons (Fsp3) is 0.353. The van der Waals surface area contributed by atoms with E-state index in [1.54, 1.807) is 17.3 Å². The van der Waals surface area contributed by atoms with E-state index in [0.717, 1.165) is 12.8 Å². The van der Waals surface area contributed by atoms with Gasteiger partial charge in [-0.15, -0.1) is 0 Å². The highest BCUT2D eigenvalue weighted by molar-refractivity contribution is 6.31. The molecule has 2 fully saturated rings. The number of rotatable bonds is 3. The number of hydrogen-bond acceptors (Lipinski definition) is 9. The summed E-state index contributed by atoms with van der Waals surface area (Å²) in [6, 6.07) is 0. The van der Waals surface area contributed by atoms with Gasteiger partial charge in [0.15, 0.2) is 28.3 Å². The number of nitrogens with one attached hydrogen (secondary N) is 3. The number of imidazole rings is 1. The third-order valence-electron chi connectivity index (χ3n) is 5.14. The van der Waals surface area contributed by atoms with E-state index in [1.165, 1.54) is 6.08 Å². The summed E-state index contributed by atoms with van der Waals surface area (Å²) >= 11 is 5.84. The van der Waals surface area contributed by atoms with Crippen LogP contribution in [0.4, 0.5) is 11.6 Å². The number of allylic oxidation sites excluding steroid dienone is 1. The molecule has 29 heavy (non-hydrogen) atoms. The Bertz CT molecular complexity index is 981. The van der Waals surface area contributed by atoms with E-state index < -0.39 is 5.78 Å². The van der Waals surface area contributed by atoms with Gasteiger partial charge in [0.25, 0.3) is 5.91 Å². The Labute approximate surface area is 170 Å². The van der Waals surface area contributed by atoms with E-state index >= 15 is 0 Å². The minimum Gasteiger partial charge on any atom is -0.382 e. The first-order valence-corrected chi connectivity index (χ1v) is 9.40. The Morgan fingerprint density at radius 3 is 2.66 bits per heavy atom. The van der Waals surface area contributed by atoms with E-state index in [2.05, 4.69) is 30.6 Å². The maximum Gasteiger partial charge on any atom is 0.289 e. The zero-order valence-corrected chi connectivity index (χ0v) is 16.2. The number of nitrogens with zero attached hydrogens (tertiary/aromatic N) is 4. The molecule has 4 heterocycles. The number of aromatic amines is 1. The predicted octanol–water partition coefficient (Wildman–Crippen LogP) is -0.0906. The quantitative estimate of drug-likeness (QED) is 0.338. The van der Waals surface area contributed by atoms with E-state index in [4.69, 9.17) is 23.1 Å². The first kappa shape index (κ1) is 19.0. The molecule has 0 saturated carbocycles. The van der Waals surface area contributed by atoms with Crippen molar-refractivity contribution in [3.05, 3.63) is 41.0 Å². The van der Waals surface area contributed by atoms with Gasteiger partial charge in [-0.2, -0.15) is 0 Å². The van der Waals surface area contributed by atoms with Crippen LogP contribution in [0.15, 0.2) is 24.3 Å². The molecule has 1 amide bonds. The number of nitrogen functional groups attached to an aromatic ring is 2. The Morgan fingerprint density at radius 2 is 1.97 bits per heavy atom. The van der Waals surface area contributed by atoms with Crippen LogP contribution in [0, 0.1) is 0 Å². The van der Waals surface area contributed by atoms with E-state index in [1.807, 2.05) is 0 Å². The number of halogens is 1. The number of anilines is 2. The van der Waals surface area contributed by atoms with Gasteiger partial charge in [-0.25, -0.2) is 15.0 Å². The van der Waals surface area contributed by atoms with E-state index in [-0.39, 0.29) is 33.9 Å². The largest absolute Gasteiger partial charge is 0.382 e. The second-order valence-corrected chi connectivity index (χ2v) is 7.40. The summed E-state index contributed by atoms with van der Waals surface area (Å²) in [5, 5.41) is 6.49. The molecule has 0 aliphatic carbocycles. The number of H-pyrrole nitrogens is 1. The number of amides is 1. The molecule has 2 aromatic rings. The summed E-state index contributed by atoms with van der Waals surface area (Å²) in [7, 11) is 0. The second-order valence-electron chi connectivity index (χ2n) is 7.04. The highest BCUT2D eigenvalue weighted by atomic mass is 35.5. The SMILES string of the molecule is Nc1nc(N)c(C(=O)/C=C2\NCC3(CCN(C(=O)c4ncc[nH]4)CC3)N2)nc1Cl. The Hall–Kier alpha value is -3.34. The van der Waals surface area contributed by atoms with Crippen LogP contribution < -0.4 is 22.1 Å².